The zero-order valence-corrected chi connectivity index (χ0v) is 9.49. The predicted molar refractivity (Wildman–Crippen MR) is 62.8 cm³/mol. The normalized spacial score (nSPS) is 10.9. The molecule has 3 aromatic heterocycles. The van der Waals surface area contributed by atoms with Crippen molar-refractivity contribution in [3.8, 4) is 5.82 Å². The number of pyridine rings is 1. The highest BCUT2D eigenvalue weighted by atomic mass is 16.4. The maximum atomic E-state index is 11.0. The molecule has 0 saturated carbocycles. The van der Waals surface area contributed by atoms with E-state index in [9.17, 15) is 4.79 Å². The number of aromatic nitrogens is 3. The molecule has 0 unspecified atom stereocenters. The Morgan fingerprint density at radius 1 is 1.44 bits per heavy atom. The van der Waals surface area contributed by atoms with Crippen molar-refractivity contribution in [2.24, 2.45) is 0 Å². The van der Waals surface area contributed by atoms with Crippen molar-refractivity contribution in [3.05, 3.63) is 42.0 Å². The van der Waals surface area contributed by atoms with E-state index in [0.29, 0.717) is 17.1 Å². The Labute approximate surface area is 101 Å². The molecule has 3 aromatic rings. The average molecular weight is 243 g/mol. The molecule has 3 heterocycles. The lowest BCUT2D eigenvalue weighted by Crippen LogP contribution is -1.98. The lowest BCUT2D eigenvalue weighted by atomic mass is 10.3. The van der Waals surface area contributed by atoms with Gasteiger partial charge in [-0.1, -0.05) is 0 Å². The SMILES string of the molecule is Cc1nn(-c2nccc3occc23)cc1C(=O)O. The summed E-state index contributed by atoms with van der Waals surface area (Å²) in [5.74, 6) is -0.449. The third-order valence-corrected chi connectivity index (χ3v) is 2.71. The second kappa shape index (κ2) is 3.69. The fourth-order valence-electron chi connectivity index (χ4n) is 1.84. The summed E-state index contributed by atoms with van der Waals surface area (Å²) in [6.45, 7) is 1.65. The van der Waals surface area contributed by atoms with E-state index in [0.717, 1.165) is 5.39 Å². The highest BCUT2D eigenvalue weighted by Crippen LogP contribution is 2.21. The molecule has 0 amide bonds. The minimum Gasteiger partial charge on any atom is -0.478 e. The van der Waals surface area contributed by atoms with Crippen LogP contribution < -0.4 is 0 Å². The fourth-order valence-corrected chi connectivity index (χ4v) is 1.84. The van der Waals surface area contributed by atoms with E-state index >= 15 is 0 Å². The number of furan rings is 1. The monoisotopic (exact) mass is 243 g/mol. The van der Waals surface area contributed by atoms with Gasteiger partial charge in [0.25, 0.3) is 0 Å². The molecule has 18 heavy (non-hydrogen) atoms. The van der Waals surface area contributed by atoms with Crippen LogP contribution in [-0.2, 0) is 0 Å². The Morgan fingerprint density at radius 3 is 3.00 bits per heavy atom. The van der Waals surface area contributed by atoms with E-state index in [-0.39, 0.29) is 5.56 Å². The molecule has 90 valence electrons. The van der Waals surface area contributed by atoms with Crippen molar-refractivity contribution in [3.63, 3.8) is 0 Å². The molecule has 1 N–H and O–H groups in total. The van der Waals surface area contributed by atoms with Crippen molar-refractivity contribution in [2.75, 3.05) is 0 Å². The van der Waals surface area contributed by atoms with Gasteiger partial charge in [0.2, 0.25) is 0 Å². The maximum Gasteiger partial charge on any atom is 0.339 e. The van der Waals surface area contributed by atoms with Gasteiger partial charge in [-0.05, 0) is 19.1 Å². The van der Waals surface area contributed by atoms with Crippen molar-refractivity contribution in [1.29, 1.82) is 0 Å². The number of carbonyl (C=O) groups is 1. The first kappa shape index (κ1) is 10.5. The van der Waals surface area contributed by atoms with Gasteiger partial charge >= 0.3 is 5.97 Å². The highest BCUT2D eigenvalue weighted by molar-refractivity contribution is 5.89. The molecule has 0 fully saturated rings. The van der Waals surface area contributed by atoms with Crippen LogP contribution in [0.15, 0.2) is 35.2 Å². The number of aromatic carboxylic acids is 1. The molecule has 0 aliphatic heterocycles. The zero-order valence-electron chi connectivity index (χ0n) is 9.49. The smallest absolute Gasteiger partial charge is 0.339 e. The molecular weight excluding hydrogens is 234 g/mol. The summed E-state index contributed by atoms with van der Waals surface area (Å²) in [6, 6.07) is 3.52. The molecule has 6 heteroatoms. The van der Waals surface area contributed by atoms with Crippen molar-refractivity contribution < 1.29 is 14.3 Å². The molecule has 3 rings (SSSR count). The molecule has 0 aliphatic carbocycles. The van der Waals surface area contributed by atoms with Crippen LogP contribution in [0.5, 0.6) is 0 Å². The highest BCUT2D eigenvalue weighted by Gasteiger charge is 2.15. The molecule has 0 spiro atoms. The Morgan fingerprint density at radius 2 is 2.28 bits per heavy atom. The van der Waals surface area contributed by atoms with Gasteiger partial charge in [0.05, 0.1) is 17.3 Å². The van der Waals surface area contributed by atoms with Gasteiger partial charge in [0.15, 0.2) is 5.82 Å². The summed E-state index contributed by atoms with van der Waals surface area (Å²) in [5, 5.41) is 14.0. The zero-order chi connectivity index (χ0) is 12.7. The topological polar surface area (TPSA) is 81.2 Å². The Kier molecular flexibility index (Phi) is 2.16. The van der Waals surface area contributed by atoms with Gasteiger partial charge in [0.1, 0.15) is 11.1 Å². The summed E-state index contributed by atoms with van der Waals surface area (Å²) < 4.78 is 6.72. The van der Waals surface area contributed by atoms with Gasteiger partial charge in [-0.2, -0.15) is 5.10 Å². The average Bonchev–Trinajstić information content (AvgIpc) is 2.94. The van der Waals surface area contributed by atoms with Gasteiger partial charge in [-0.25, -0.2) is 14.5 Å². The molecule has 0 radical (unpaired) electrons. The van der Waals surface area contributed by atoms with Crippen molar-refractivity contribution in [2.45, 2.75) is 6.92 Å². The maximum absolute atomic E-state index is 11.0. The third kappa shape index (κ3) is 1.46. The fraction of sp³-hybridized carbons (Fsp3) is 0.0833. The second-order valence-corrected chi connectivity index (χ2v) is 3.84. The van der Waals surface area contributed by atoms with Crippen LogP contribution in [0.2, 0.25) is 0 Å². The lowest BCUT2D eigenvalue weighted by Gasteiger charge is -2.00. The van der Waals surface area contributed by atoms with Gasteiger partial charge in [-0.3, -0.25) is 0 Å². The predicted octanol–water partition coefficient (Wildman–Crippen LogP) is 2.02. The van der Waals surface area contributed by atoms with E-state index in [2.05, 4.69) is 10.1 Å². The number of carboxylic acids is 1. The number of carboxylic acid groups (broad SMARTS) is 1. The van der Waals surface area contributed by atoms with Gasteiger partial charge < -0.3 is 9.52 Å². The minimum atomic E-state index is -1.00. The lowest BCUT2D eigenvalue weighted by molar-refractivity contribution is 0.0696. The van der Waals surface area contributed by atoms with Crippen molar-refractivity contribution >= 4 is 16.9 Å². The Hall–Kier alpha value is -2.63. The van der Waals surface area contributed by atoms with Crippen LogP contribution in [0.1, 0.15) is 16.1 Å². The summed E-state index contributed by atoms with van der Waals surface area (Å²) in [7, 11) is 0. The van der Waals surface area contributed by atoms with E-state index in [1.807, 2.05) is 0 Å². The van der Waals surface area contributed by atoms with Crippen molar-refractivity contribution in [1.82, 2.24) is 14.8 Å². The largest absolute Gasteiger partial charge is 0.478 e. The number of aryl methyl sites for hydroxylation is 1. The van der Waals surface area contributed by atoms with E-state index < -0.39 is 5.97 Å². The molecule has 6 nitrogen and oxygen atoms in total. The molecule has 0 aromatic carbocycles. The van der Waals surface area contributed by atoms with Crippen LogP contribution in [0.3, 0.4) is 0 Å². The van der Waals surface area contributed by atoms with Crippen LogP contribution in [0, 0.1) is 6.92 Å². The number of hydrogen-bond acceptors (Lipinski definition) is 4. The molecule has 0 aliphatic rings. The van der Waals surface area contributed by atoms with Crippen LogP contribution >= 0.6 is 0 Å². The minimum absolute atomic E-state index is 0.164. The quantitative estimate of drug-likeness (QED) is 0.744. The molecule has 0 bridgehead atoms. The summed E-state index contributed by atoms with van der Waals surface area (Å²) >= 11 is 0. The summed E-state index contributed by atoms with van der Waals surface area (Å²) in [5.41, 5.74) is 1.30. The number of rotatable bonds is 2. The van der Waals surface area contributed by atoms with E-state index in [4.69, 9.17) is 9.52 Å². The van der Waals surface area contributed by atoms with Crippen LogP contribution in [0.4, 0.5) is 0 Å². The standard InChI is InChI=1S/C12H9N3O3/c1-7-9(12(16)17)6-15(14-7)11-8-3-5-18-10(8)2-4-13-11/h2-6H,1H3,(H,16,17). The first-order chi connectivity index (χ1) is 8.66. The Balaban J connectivity index is 2.23. The first-order valence-electron chi connectivity index (χ1n) is 5.29. The van der Waals surface area contributed by atoms with E-state index in [1.165, 1.54) is 10.9 Å². The number of fused-ring (bicyclic) bond motifs is 1. The van der Waals surface area contributed by atoms with Crippen LogP contribution in [-0.4, -0.2) is 25.8 Å². The number of nitrogens with zero attached hydrogens (tertiary/aromatic N) is 3. The number of hydrogen-bond donors (Lipinski definition) is 1. The molecule has 0 saturated heterocycles. The van der Waals surface area contributed by atoms with Crippen LogP contribution in [0.25, 0.3) is 16.8 Å². The van der Waals surface area contributed by atoms with E-state index in [1.54, 1.807) is 31.5 Å². The Bertz CT molecular complexity index is 742. The molecule has 0 atom stereocenters. The third-order valence-electron chi connectivity index (χ3n) is 2.71. The van der Waals surface area contributed by atoms with Gasteiger partial charge in [0, 0.05) is 12.4 Å². The summed E-state index contributed by atoms with van der Waals surface area (Å²) in [4.78, 5) is 15.2. The summed E-state index contributed by atoms with van der Waals surface area (Å²) in [6.07, 6.45) is 4.61. The first-order valence-corrected chi connectivity index (χ1v) is 5.29. The second-order valence-electron chi connectivity index (χ2n) is 3.84. The molecular formula is C12H9N3O3. The van der Waals surface area contributed by atoms with Gasteiger partial charge in [-0.15, -0.1) is 0 Å².